The molecule has 0 saturated heterocycles. The zero-order chi connectivity index (χ0) is 19.2. The number of rotatable bonds is 7. The fourth-order valence-electron chi connectivity index (χ4n) is 2.82. The highest BCUT2D eigenvalue weighted by Gasteiger charge is 2.18. The number of carbonyl (C=O) groups is 1. The topological polar surface area (TPSA) is 69.9 Å². The Balaban J connectivity index is 1.80. The highest BCUT2D eigenvalue weighted by molar-refractivity contribution is 5.98. The molecule has 1 N–H and O–H groups in total. The van der Waals surface area contributed by atoms with Crippen molar-refractivity contribution in [2.45, 2.75) is 6.54 Å². The van der Waals surface area contributed by atoms with E-state index >= 15 is 0 Å². The molecule has 0 spiro atoms. The van der Waals surface area contributed by atoms with Crippen molar-refractivity contribution < 1.29 is 23.4 Å². The van der Waals surface area contributed by atoms with Crippen LogP contribution in [0.15, 0.2) is 59.2 Å². The first-order valence-electron chi connectivity index (χ1n) is 8.38. The molecular weight excluding hydrogens is 346 g/mol. The molecule has 1 aromatic heterocycles. The predicted molar refractivity (Wildman–Crippen MR) is 101 cm³/mol. The van der Waals surface area contributed by atoms with Crippen LogP contribution >= 0.6 is 0 Å². The van der Waals surface area contributed by atoms with Crippen molar-refractivity contribution in [3.8, 4) is 28.4 Å². The zero-order valence-electron chi connectivity index (χ0n) is 15.4. The standard InChI is InChI=1S/C21H21NO5/c1-24-17-12-19(26-3)18(25-2)11-15(17)13-22-21(23)20-16(9-10-27-20)14-7-5-4-6-8-14/h4-12H,13H2,1-3H3,(H,22,23). The van der Waals surface area contributed by atoms with Crippen molar-refractivity contribution in [2.24, 2.45) is 0 Å². The fraction of sp³-hybridized carbons (Fsp3) is 0.190. The Morgan fingerprint density at radius 1 is 0.926 bits per heavy atom. The monoisotopic (exact) mass is 367 g/mol. The third-order valence-electron chi connectivity index (χ3n) is 4.18. The minimum Gasteiger partial charge on any atom is -0.496 e. The summed E-state index contributed by atoms with van der Waals surface area (Å²) in [6.45, 7) is 0.247. The highest BCUT2D eigenvalue weighted by atomic mass is 16.5. The van der Waals surface area contributed by atoms with Gasteiger partial charge >= 0.3 is 0 Å². The lowest BCUT2D eigenvalue weighted by Crippen LogP contribution is -2.23. The van der Waals surface area contributed by atoms with E-state index in [2.05, 4.69) is 5.32 Å². The summed E-state index contributed by atoms with van der Waals surface area (Å²) in [6, 6.07) is 14.9. The number of hydrogen-bond acceptors (Lipinski definition) is 5. The normalized spacial score (nSPS) is 10.3. The van der Waals surface area contributed by atoms with Crippen molar-refractivity contribution in [2.75, 3.05) is 21.3 Å². The van der Waals surface area contributed by atoms with Crippen LogP contribution in [-0.2, 0) is 6.54 Å². The van der Waals surface area contributed by atoms with Crippen LogP contribution < -0.4 is 19.5 Å². The summed E-state index contributed by atoms with van der Waals surface area (Å²) in [4.78, 5) is 12.6. The summed E-state index contributed by atoms with van der Waals surface area (Å²) < 4.78 is 21.4. The number of amides is 1. The molecule has 0 aliphatic rings. The van der Waals surface area contributed by atoms with E-state index in [0.29, 0.717) is 17.2 Å². The van der Waals surface area contributed by atoms with Gasteiger partial charge in [-0.3, -0.25) is 4.79 Å². The minimum atomic E-state index is -0.310. The van der Waals surface area contributed by atoms with Gasteiger partial charge in [0.15, 0.2) is 17.3 Å². The molecule has 0 aliphatic carbocycles. The van der Waals surface area contributed by atoms with Crippen LogP contribution in [-0.4, -0.2) is 27.2 Å². The van der Waals surface area contributed by atoms with E-state index < -0.39 is 0 Å². The summed E-state index contributed by atoms with van der Waals surface area (Å²) in [5.41, 5.74) is 2.42. The van der Waals surface area contributed by atoms with E-state index in [9.17, 15) is 4.79 Å². The summed E-state index contributed by atoms with van der Waals surface area (Å²) in [6.07, 6.45) is 1.51. The Morgan fingerprint density at radius 2 is 1.59 bits per heavy atom. The van der Waals surface area contributed by atoms with Crippen LogP contribution in [0.4, 0.5) is 0 Å². The van der Waals surface area contributed by atoms with Gasteiger partial charge in [0, 0.05) is 23.7 Å². The third kappa shape index (κ3) is 3.89. The summed E-state index contributed by atoms with van der Waals surface area (Å²) >= 11 is 0. The SMILES string of the molecule is COc1cc(OC)c(OC)cc1CNC(=O)c1occc1-c1ccccc1. The molecule has 0 atom stereocenters. The lowest BCUT2D eigenvalue weighted by atomic mass is 10.1. The highest BCUT2D eigenvalue weighted by Crippen LogP contribution is 2.34. The smallest absolute Gasteiger partial charge is 0.287 e. The Hall–Kier alpha value is -3.41. The molecular formula is C21H21NO5. The summed E-state index contributed by atoms with van der Waals surface area (Å²) in [5.74, 6) is 1.67. The average Bonchev–Trinajstić information content (AvgIpc) is 3.22. The molecule has 27 heavy (non-hydrogen) atoms. The maximum Gasteiger partial charge on any atom is 0.287 e. The number of benzene rings is 2. The van der Waals surface area contributed by atoms with Crippen LogP contribution in [0.1, 0.15) is 16.1 Å². The molecule has 2 aromatic carbocycles. The lowest BCUT2D eigenvalue weighted by molar-refractivity contribution is 0.0924. The van der Waals surface area contributed by atoms with Gasteiger partial charge in [0.1, 0.15) is 5.75 Å². The Bertz CT molecular complexity index is 918. The third-order valence-corrected chi connectivity index (χ3v) is 4.18. The van der Waals surface area contributed by atoms with E-state index in [1.807, 2.05) is 30.3 Å². The molecule has 3 rings (SSSR count). The van der Waals surface area contributed by atoms with Crippen LogP contribution in [0, 0.1) is 0 Å². The second kappa shape index (κ2) is 8.31. The van der Waals surface area contributed by atoms with Crippen LogP contribution in [0.3, 0.4) is 0 Å². The summed E-state index contributed by atoms with van der Waals surface area (Å²) in [7, 11) is 4.68. The molecule has 140 valence electrons. The number of hydrogen-bond donors (Lipinski definition) is 1. The van der Waals surface area contributed by atoms with E-state index in [1.165, 1.54) is 6.26 Å². The number of methoxy groups -OCH3 is 3. The zero-order valence-corrected chi connectivity index (χ0v) is 15.4. The molecule has 1 amide bonds. The number of furan rings is 1. The Kier molecular flexibility index (Phi) is 5.66. The minimum absolute atomic E-state index is 0.247. The second-order valence-corrected chi connectivity index (χ2v) is 5.73. The molecule has 0 saturated carbocycles. The van der Waals surface area contributed by atoms with Gasteiger partial charge in [-0.15, -0.1) is 0 Å². The Morgan fingerprint density at radius 3 is 2.26 bits per heavy atom. The molecule has 0 aliphatic heterocycles. The van der Waals surface area contributed by atoms with Gasteiger partial charge in [0.25, 0.3) is 5.91 Å². The number of nitrogens with one attached hydrogen (secondary N) is 1. The van der Waals surface area contributed by atoms with Crippen molar-refractivity contribution in [3.05, 3.63) is 66.1 Å². The molecule has 6 nitrogen and oxygen atoms in total. The Labute approximate surface area is 157 Å². The van der Waals surface area contributed by atoms with Gasteiger partial charge in [-0.25, -0.2) is 0 Å². The van der Waals surface area contributed by atoms with Gasteiger partial charge in [0.05, 0.1) is 27.6 Å². The van der Waals surface area contributed by atoms with Crippen LogP contribution in [0.25, 0.3) is 11.1 Å². The molecule has 0 fully saturated rings. The maximum absolute atomic E-state index is 12.6. The van der Waals surface area contributed by atoms with E-state index in [-0.39, 0.29) is 18.2 Å². The first kappa shape index (κ1) is 18.4. The van der Waals surface area contributed by atoms with Crippen molar-refractivity contribution >= 4 is 5.91 Å². The average molecular weight is 367 g/mol. The quantitative estimate of drug-likeness (QED) is 0.686. The number of carbonyl (C=O) groups excluding carboxylic acids is 1. The van der Waals surface area contributed by atoms with Gasteiger partial charge < -0.3 is 23.9 Å². The van der Waals surface area contributed by atoms with Crippen molar-refractivity contribution in [1.29, 1.82) is 0 Å². The second-order valence-electron chi connectivity index (χ2n) is 5.73. The maximum atomic E-state index is 12.6. The molecule has 6 heteroatoms. The molecule has 0 unspecified atom stereocenters. The lowest BCUT2D eigenvalue weighted by Gasteiger charge is -2.14. The predicted octanol–water partition coefficient (Wildman–Crippen LogP) is 3.90. The van der Waals surface area contributed by atoms with Crippen molar-refractivity contribution in [1.82, 2.24) is 5.32 Å². The number of ether oxygens (including phenoxy) is 3. The molecule has 1 heterocycles. The van der Waals surface area contributed by atoms with Gasteiger partial charge in [-0.05, 0) is 17.7 Å². The van der Waals surface area contributed by atoms with E-state index in [1.54, 1.807) is 39.5 Å². The summed E-state index contributed by atoms with van der Waals surface area (Å²) in [5, 5.41) is 2.87. The largest absolute Gasteiger partial charge is 0.496 e. The van der Waals surface area contributed by atoms with Crippen LogP contribution in [0.2, 0.25) is 0 Å². The van der Waals surface area contributed by atoms with E-state index in [0.717, 1.165) is 16.7 Å². The first-order chi connectivity index (χ1) is 13.2. The fourth-order valence-corrected chi connectivity index (χ4v) is 2.82. The molecule has 3 aromatic rings. The van der Waals surface area contributed by atoms with Gasteiger partial charge in [0.2, 0.25) is 0 Å². The first-order valence-corrected chi connectivity index (χ1v) is 8.38. The molecule has 0 bridgehead atoms. The van der Waals surface area contributed by atoms with Gasteiger partial charge in [-0.1, -0.05) is 30.3 Å². The van der Waals surface area contributed by atoms with Gasteiger partial charge in [-0.2, -0.15) is 0 Å². The molecule has 0 radical (unpaired) electrons. The van der Waals surface area contributed by atoms with Crippen LogP contribution in [0.5, 0.6) is 17.2 Å². The van der Waals surface area contributed by atoms with E-state index in [4.69, 9.17) is 18.6 Å². The van der Waals surface area contributed by atoms with Crippen molar-refractivity contribution in [3.63, 3.8) is 0 Å².